The minimum Gasteiger partial charge on any atom is -0.224 e. The highest BCUT2D eigenvalue weighted by Gasteiger charge is 2.22. The van der Waals surface area contributed by atoms with E-state index >= 15 is 0 Å². The van der Waals surface area contributed by atoms with Crippen LogP contribution in [-0.4, -0.2) is 14.2 Å². The van der Waals surface area contributed by atoms with Crippen LogP contribution in [0.25, 0.3) is 0 Å². The molecule has 0 unspecified atom stereocenters. The van der Waals surface area contributed by atoms with Gasteiger partial charge in [-0.2, -0.15) is 0 Å². The molecule has 0 heterocycles. The van der Waals surface area contributed by atoms with Crippen molar-refractivity contribution in [3.63, 3.8) is 0 Å². The van der Waals surface area contributed by atoms with Gasteiger partial charge in [0.25, 0.3) is 0 Å². The van der Waals surface area contributed by atoms with Crippen LogP contribution in [0.4, 0.5) is 0 Å². The molecule has 0 aromatic heterocycles. The predicted octanol–water partition coefficient (Wildman–Crippen LogP) is 3.30. The molecule has 0 amide bonds. The maximum Gasteiger partial charge on any atom is 0.178 e. The van der Waals surface area contributed by atoms with Crippen molar-refractivity contribution in [3.8, 4) is 0 Å². The van der Waals surface area contributed by atoms with E-state index in [1.807, 2.05) is 0 Å². The quantitative estimate of drug-likeness (QED) is 0.812. The van der Waals surface area contributed by atoms with Crippen LogP contribution in [0.3, 0.4) is 0 Å². The second kappa shape index (κ2) is 4.76. The van der Waals surface area contributed by atoms with Gasteiger partial charge in [-0.1, -0.05) is 24.4 Å². The van der Waals surface area contributed by atoms with Gasteiger partial charge in [0.1, 0.15) is 0 Å². The normalized spacial score (nSPS) is 16.3. The van der Waals surface area contributed by atoms with Crippen molar-refractivity contribution in [1.29, 1.82) is 0 Å². The SMILES string of the molecule is O=S(=O)(CCCC1CC1)c1ccc(Cl)cc1. The molecule has 0 saturated heterocycles. The van der Waals surface area contributed by atoms with Crippen molar-refractivity contribution < 1.29 is 8.42 Å². The van der Waals surface area contributed by atoms with E-state index in [4.69, 9.17) is 11.6 Å². The van der Waals surface area contributed by atoms with Gasteiger partial charge in [0.15, 0.2) is 9.84 Å². The standard InChI is InChI=1S/C12H15ClO2S/c13-11-5-7-12(8-6-11)16(14,15)9-1-2-10-3-4-10/h5-8,10H,1-4,9H2. The number of benzene rings is 1. The minimum atomic E-state index is -3.10. The molecule has 0 aliphatic heterocycles. The summed E-state index contributed by atoms with van der Waals surface area (Å²) in [6.07, 6.45) is 4.38. The summed E-state index contributed by atoms with van der Waals surface area (Å²) in [7, 11) is -3.10. The van der Waals surface area contributed by atoms with Crippen LogP contribution in [0.5, 0.6) is 0 Å². The molecule has 1 aliphatic carbocycles. The van der Waals surface area contributed by atoms with Gasteiger partial charge in [0, 0.05) is 5.02 Å². The summed E-state index contributed by atoms with van der Waals surface area (Å²) in [5.74, 6) is 1.05. The average Bonchev–Trinajstić information content (AvgIpc) is 3.02. The molecule has 0 N–H and O–H groups in total. The Balaban J connectivity index is 1.97. The second-order valence-electron chi connectivity index (χ2n) is 4.36. The Morgan fingerprint density at radius 1 is 1.19 bits per heavy atom. The van der Waals surface area contributed by atoms with E-state index in [1.54, 1.807) is 24.3 Å². The molecular weight excluding hydrogens is 244 g/mol. The van der Waals surface area contributed by atoms with E-state index in [-0.39, 0.29) is 5.75 Å². The Morgan fingerprint density at radius 2 is 1.81 bits per heavy atom. The summed E-state index contributed by atoms with van der Waals surface area (Å²) in [5, 5.41) is 0.567. The van der Waals surface area contributed by atoms with Gasteiger partial charge in [0.05, 0.1) is 10.6 Å². The largest absolute Gasteiger partial charge is 0.224 e. The van der Waals surface area contributed by atoms with E-state index in [0.29, 0.717) is 9.92 Å². The molecule has 1 aliphatic rings. The lowest BCUT2D eigenvalue weighted by Gasteiger charge is -2.04. The number of hydrogen-bond acceptors (Lipinski definition) is 2. The lowest BCUT2D eigenvalue weighted by atomic mass is 10.2. The lowest BCUT2D eigenvalue weighted by Crippen LogP contribution is -2.06. The van der Waals surface area contributed by atoms with Gasteiger partial charge in [0.2, 0.25) is 0 Å². The van der Waals surface area contributed by atoms with Crippen LogP contribution in [0.1, 0.15) is 25.7 Å². The van der Waals surface area contributed by atoms with E-state index in [2.05, 4.69) is 0 Å². The maximum atomic E-state index is 11.9. The first-order chi connectivity index (χ1) is 7.58. The predicted molar refractivity (Wildman–Crippen MR) is 65.5 cm³/mol. The van der Waals surface area contributed by atoms with Gasteiger partial charge in [-0.25, -0.2) is 8.42 Å². The van der Waals surface area contributed by atoms with Crippen LogP contribution in [0.15, 0.2) is 29.2 Å². The zero-order valence-electron chi connectivity index (χ0n) is 9.02. The Kier molecular flexibility index (Phi) is 3.55. The third-order valence-corrected chi connectivity index (χ3v) is 4.96. The van der Waals surface area contributed by atoms with Gasteiger partial charge < -0.3 is 0 Å². The number of rotatable bonds is 5. The zero-order valence-corrected chi connectivity index (χ0v) is 10.6. The van der Waals surface area contributed by atoms with E-state index in [0.717, 1.165) is 18.8 Å². The van der Waals surface area contributed by atoms with E-state index in [9.17, 15) is 8.42 Å². The molecule has 2 rings (SSSR count). The summed E-state index contributed by atoms with van der Waals surface area (Å²) >= 11 is 5.72. The molecule has 1 aromatic carbocycles. The van der Waals surface area contributed by atoms with Crippen molar-refractivity contribution in [2.24, 2.45) is 5.92 Å². The highest BCUT2D eigenvalue weighted by atomic mass is 35.5. The highest BCUT2D eigenvalue weighted by molar-refractivity contribution is 7.91. The molecule has 4 heteroatoms. The summed E-state index contributed by atoms with van der Waals surface area (Å²) in [6, 6.07) is 6.40. The van der Waals surface area contributed by atoms with Gasteiger partial charge >= 0.3 is 0 Å². The Labute approximate surface area is 102 Å². The van der Waals surface area contributed by atoms with E-state index in [1.165, 1.54) is 12.8 Å². The molecule has 0 radical (unpaired) electrons. The summed E-state index contributed by atoms with van der Waals surface area (Å²) in [4.78, 5) is 0.382. The molecule has 0 spiro atoms. The first kappa shape index (κ1) is 11.9. The molecule has 1 saturated carbocycles. The monoisotopic (exact) mass is 258 g/mol. The summed E-state index contributed by atoms with van der Waals surface area (Å²) < 4.78 is 23.8. The topological polar surface area (TPSA) is 34.1 Å². The fraction of sp³-hybridized carbons (Fsp3) is 0.500. The molecule has 1 fully saturated rings. The molecule has 2 nitrogen and oxygen atoms in total. The van der Waals surface area contributed by atoms with Crippen LogP contribution in [0.2, 0.25) is 5.02 Å². The Morgan fingerprint density at radius 3 is 2.38 bits per heavy atom. The lowest BCUT2D eigenvalue weighted by molar-refractivity contribution is 0.588. The number of sulfone groups is 1. The van der Waals surface area contributed by atoms with Crippen LogP contribution < -0.4 is 0 Å². The summed E-state index contributed by atoms with van der Waals surface area (Å²) in [5.41, 5.74) is 0. The van der Waals surface area contributed by atoms with Crippen molar-refractivity contribution in [1.82, 2.24) is 0 Å². The molecule has 0 atom stereocenters. The first-order valence-electron chi connectivity index (χ1n) is 5.56. The maximum absolute atomic E-state index is 11.9. The number of halogens is 1. The van der Waals surface area contributed by atoms with E-state index < -0.39 is 9.84 Å². The average molecular weight is 259 g/mol. The van der Waals surface area contributed by atoms with Crippen molar-refractivity contribution in [3.05, 3.63) is 29.3 Å². The first-order valence-corrected chi connectivity index (χ1v) is 7.59. The fourth-order valence-electron chi connectivity index (χ4n) is 1.73. The Hall–Kier alpha value is -0.540. The minimum absolute atomic E-state index is 0.255. The summed E-state index contributed by atoms with van der Waals surface area (Å²) in [6.45, 7) is 0. The van der Waals surface area contributed by atoms with Crippen molar-refractivity contribution >= 4 is 21.4 Å². The third kappa shape index (κ3) is 3.22. The van der Waals surface area contributed by atoms with Crippen LogP contribution in [0, 0.1) is 5.92 Å². The number of hydrogen-bond donors (Lipinski definition) is 0. The second-order valence-corrected chi connectivity index (χ2v) is 6.90. The van der Waals surface area contributed by atoms with Gasteiger partial charge in [-0.15, -0.1) is 0 Å². The van der Waals surface area contributed by atoms with Gasteiger partial charge in [-0.05, 0) is 43.0 Å². The molecular formula is C12H15ClO2S. The van der Waals surface area contributed by atoms with Crippen molar-refractivity contribution in [2.75, 3.05) is 5.75 Å². The third-order valence-electron chi connectivity index (χ3n) is 2.90. The molecule has 88 valence electrons. The fourth-order valence-corrected chi connectivity index (χ4v) is 3.19. The molecule has 0 bridgehead atoms. The van der Waals surface area contributed by atoms with Crippen LogP contribution >= 0.6 is 11.6 Å². The van der Waals surface area contributed by atoms with Crippen LogP contribution in [-0.2, 0) is 9.84 Å². The highest BCUT2D eigenvalue weighted by Crippen LogP contribution is 2.33. The molecule has 16 heavy (non-hydrogen) atoms. The Bertz CT molecular complexity index is 446. The van der Waals surface area contributed by atoms with Gasteiger partial charge in [-0.3, -0.25) is 0 Å². The zero-order chi connectivity index (χ0) is 11.6. The smallest absolute Gasteiger partial charge is 0.178 e. The molecule has 1 aromatic rings. The van der Waals surface area contributed by atoms with Crippen molar-refractivity contribution in [2.45, 2.75) is 30.6 Å².